The van der Waals surface area contributed by atoms with E-state index in [-0.39, 0.29) is 6.04 Å². The number of primary amides is 1. The summed E-state index contributed by atoms with van der Waals surface area (Å²) in [6, 6.07) is -0.215. The highest BCUT2D eigenvalue weighted by Crippen LogP contribution is 2.07. The lowest BCUT2D eigenvalue weighted by molar-refractivity contribution is 0.245. The summed E-state index contributed by atoms with van der Waals surface area (Å²) in [5.74, 6) is 0.741. The lowest BCUT2D eigenvalue weighted by atomic mass is 10.0. The smallest absolute Gasteiger partial charge is 0.312 e. The molecule has 0 bridgehead atoms. The van der Waals surface area contributed by atoms with Gasteiger partial charge in [0.15, 0.2) is 0 Å². The Hall–Kier alpha value is -0.730. The van der Waals surface area contributed by atoms with Gasteiger partial charge in [-0.15, -0.1) is 0 Å². The van der Waals surface area contributed by atoms with E-state index in [1.807, 2.05) is 6.92 Å². The van der Waals surface area contributed by atoms with Gasteiger partial charge in [-0.3, -0.25) is 0 Å². The third kappa shape index (κ3) is 7.38. The standard InChI is InChI=1S/C9H20N2O/c1-7(2)5-4-6-8(3)11-9(10)12/h7-8H,4-6H2,1-3H3,(H3,10,11,12). The van der Waals surface area contributed by atoms with Crippen LogP contribution in [0.4, 0.5) is 4.79 Å². The Kier molecular flexibility index (Phi) is 5.51. The lowest BCUT2D eigenvalue weighted by Crippen LogP contribution is -2.36. The third-order valence-electron chi connectivity index (χ3n) is 1.81. The number of nitrogens with two attached hydrogens (primary N) is 1. The molecule has 12 heavy (non-hydrogen) atoms. The maximum Gasteiger partial charge on any atom is 0.312 e. The first-order chi connectivity index (χ1) is 5.52. The Morgan fingerprint density at radius 1 is 1.33 bits per heavy atom. The van der Waals surface area contributed by atoms with Crippen LogP contribution in [-0.2, 0) is 0 Å². The van der Waals surface area contributed by atoms with Crippen molar-refractivity contribution < 1.29 is 4.79 Å². The summed E-state index contributed by atoms with van der Waals surface area (Å²) in [7, 11) is 0. The van der Waals surface area contributed by atoms with Gasteiger partial charge < -0.3 is 11.1 Å². The van der Waals surface area contributed by atoms with Crippen molar-refractivity contribution in [3.05, 3.63) is 0 Å². The predicted octanol–water partition coefficient (Wildman–Crippen LogP) is 1.87. The molecule has 0 radical (unpaired) electrons. The van der Waals surface area contributed by atoms with E-state index in [0.29, 0.717) is 0 Å². The van der Waals surface area contributed by atoms with Gasteiger partial charge in [0, 0.05) is 6.04 Å². The van der Waals surface area contributed by atoms with E-state index in [9.17, 15) is 4.79 Å². The molecule has 0 aromatic heterocycles. The molecule has 0 aliphatic carbocycles. The Labute approximate surface area is 74.7 Å². The molecule has 0 aromatic carbocycles. The predicted molar refractivity (Wildman–Crippen MR) is 50.9 cm³/mol. The van der Waals surface area contributed by atoms with Crippen LogP contribution >= 0.6 is 0 Å². The maximum absolute atomic E-state index is 10.4. The third-order valence-corrected chi connectivity index (χ3v) is 1.81. The monoisotopic (exact) mass is 172 g/mol. The van der Waals surface area contributed by atoms with E-state index in [1.54, 1.807) is 0 Å². The molecular formula is C9H20N2O. The fraction of sp³-hybridized carbons (Fsp3) is 0.889. The zero-order chi connectivity index (χ0) is 9.56. The van der Waals surface area contributed by atoms with E-state index in [0.717, 1.165) is 18.8 Å². The van der Waals surface area contributed by atoms with Crippen LogP contribution < -0.4 is 11.1 Å². The summed E-state index contributed by atoms with van der Waals surface area (Å²) in [6.45, 7) is 6.38. The van der Waals surface area contributed by atoms with Crippen molar-refractivity contribution >= 4 is 6.03 Å². The molecule has 0 heterocycles. The van der Waals surface area contributed by atoms with Crippen molar-refractivity contribution in [1.82, 2.24) is 5.32 Å². The number of hydrogen-bond acceptors (Lipinski definition) is 1. The molecule has 2 amide bonds. The number of urea groups is 1. The average Bonchev–Trinajstić information content (AvgIpc) is 1.84. The lowest BCUT2D eigenvalue weighted by Gasteiger charge is -2.12. The van der Waals surface area contributed by atoms with E-state index in [4.69, 9.17) is 5.73 Å². The first-order valence-electron chi connectivity index (χ1n) is 4.58. The number of rotatable bonds is 5. The van der Waals surface area contributed by atoms with Gasteiger partial charge in [-0.05, 0) is 19.3 Å². The van der Waals surface area contributed by atoms with Crippen molar-refractivity contribution in [3.63, 3.8) is 0 Å². The molecule has 0 saturated heterocycles. The number of carbonyl (C=O) groups is 1. The van der Waals surface area contributed by atoms with Gasteiger partial charge in [0.05, 0.1) is 0 Å². The Morgan fingerprint density at radius 2 is 1.92 bits per heavy atom. The topological polar surface area (TPSA) is 55.1 Å². The zero-order valence-corrected chi connectivity index (χ0v) is 8.26. The number of nitrogens with one attached hydrogen (secondary N) is 1. The van der Waals surface area contributed by atoms with Gasteiger partial charge >= 0.3 is 6.03 Å². The molecule has 0 aromatic rings. The van der Waals surface area contributed by atoms with Gasteiger partial charge in [-0.25, -0.2) is 4.79 Å². The summed E-state index contributed by atoms with van der Waals surface area (Å²) in [5, 5.41) is 2.66. The summed E-state index contributed by atoms with van der Waals surface area (Å²) >= 11 is 0. The van der Waals surface area contributed by atoms with Gasteiger partial charge in [0.1, 0.15) is 0 Å². The molecule has 72 valence electrons. The molecule has 0 fully saturated rings. The second-order valence-electron chi connectivity index (χ2n) is 3.73. The van der Waals surface area contributed by atoms with Crippen LogP contribution in [-0.4, -0.2) is 12.1 Å². The van der Waals surface area contributed by atoms with Crippen LogP contribution in [0, 0.1) is 5.92 Å². The Balaban J connectivity index is 3.31. The molecule has 3 heteroatoms. The molecule has 0 rings (SSSR count). The summed E-state index contributed by atoms with van der Waals surface area (Å²) in [4.78, 5) is 10.4. The van der Waals surface area contributed by atoms with Crippen LogP contribution in [0.3, 0.4) is 0 Å². The second kappa shape index (κ2) is 5.86. The summed E-state index contributed by atoms with van der Waals surface area (Å²) in [6.07, 6.45) is 3.38. The van der Waals surface area contributed by atoms with Crippen LogP contribution in [0.1, 0.15) is 40.0 Å². The molecular weight excluding hydrogens is 152 g/mol. The molecule has 0 saturated carbocycles. The van der Waals surface area contributed by atoms with E-state index >= 15 is 0 Å². The second-order valence-corrected chi connectivity index (χ2v) is 3.73. The quantitative estimate of drug-likeness (QED) is 0.653. The molecule has 3 N–H and O–H groups in total. The van der Waals surface area contributed by atoms with E-state index in [2.05, 4.69) is 19.2 Å². The minimum Gasteiger partial charge on any atom is -0.352 e. The molecule has 3 nitrogen and oxygen atoms in total. The first-order valence-corrected chi connectivity index (χ1v) is 4.58. The summed E-state index contributed by atoms with van der Waals surface area (Å²) in [5.41, 5.74) is 4.97. The number of amides is 2. The van der Waals surface area contributed by atoms with Crippen molar-refractivity contribution in [1.29, 1.82) is 0 Å². The Bertz CT molecular complexity index is 134. The molecule has 0 spiro atoms. The van der Waals surface area contributed by atoms with Crippen LogP contribution in [0.2, 0.25) is 0 Å². The number of hydrogen-bond donors (Lipinski definition) is 2. The van der Waals surface area contributed by atoms with Gasteiger partial charge in [0.25, 0.3) is 0 Å². The van der Waals surface area contributed by atoms with Crippen molar-refractivity contribution in [2.45, 2.75) is 46.1 Å². The van der Waals surface area contributed by atoms with E-state index in [1.165, 1.54) is 6.42 Å². The highest BCUT2D eigenvalue weighted by molar-refractivity contribution is 5.71. The van der Waals surface area contributed by atoms with E-state index < -0.39 is 6.03 Å². The zero-order valence-electron chi connectivity index (χ0n) is 8.26. The Morgan fingerprint density at radius 3 is 2.33 bits per heavy atom. The maximum atomic E-state index is 10.4. The molecule has 1 atom stereocenters. The number of carbonyl (C=O) groups excluding carboxylic acids is 1. The highest BCUT2D eigenvalue weighted by Gasteiger charge is 2.03. The average molecular weight is 172 g/mol. The first kappa shape index (κ1) is 11.3. The minimum absolute atomic E-state index is 0.209. The summed E-state index contributed by atoms with van der Waals surface area (Å²) < 4.78 is 0. The van der Waals surface area contributed by atoms with Crippen molar-refractivity contribution in [2.75, 3.05) is 0 Å². The molecule has 0 aliphatic heterocycles. The molecule has 1 unspecified atom stereocenters. The van der Waals surface area contributed by atoms with Crippen LogP contribution in [0.5, 0.6) is 0 Å². The van der Waals surface area contributed by atoms with Gasteiger partial charge in [-0.2, -0.15) is 0 Å². The highest BCUT2D eigenvalue weighted by atomic mass is 16.2. The molecule has 0 aliphatic rings. The SMILES string of the molecule is CC(C)CCCC(C)NC(N)=O. The fourth-order valence-corrected chi connectivity index (χ4v) is 1.15. The van der Waals surface area contributed by atoms with Crippen molar-refractivity contribution in [2.24, 2.45) is 11.7 Å². The minimum atomic E-state index is -0.424. The van der Waals surface area contributed by atoms with Crippen LogP contribution in [0.15, 0.2) is 0 Å². The van der Waals surface area contributed by atoms with Gasteiger partial charge in [-0.1, -0.05) is 26.7 Å². The normalized spacial score (nSPS) is 13.0. The van der Waals surface area contributed by atoms with Crippen LogP contribution in [0.25, 0.3) is 0 Å². The van der Waals surface area contributed by atoms with Crippen molar-refractivity contribution in [3.8, 4) is 0 Å². The fourth-order valence-electron chi connectivity index (χ4n) is 1.15. The largest absolute Gasteiger partial charge is 0.352 e. The van der Waals surface area contributed by atoms with Gasteiger partial charge in [0.2, 0.25) is 0 Å².